The number of rotatable bonds is 4. The Morgan fingerprint density at radius 2 is 2.15 bits per heavy atom. The van der Waals surface area contributed by atoms with E-state index < -0.39 is 0 Å². The number of amidine groups is 1. The average Bonchev–Trinajstić information content (AvgIpc) is 2.55. The van der Waals surface area contributed by atoms with E-state index >= 15 is 0 Å². The Bertz CT molecular complexity index is 596. The minimum Gasteiger partial charge on any atom is -0.487 e. The lowest BCUT2D eigenvalue weighted by Crippen LogP contribution is -2.30. The summed E-state index contributed by atoms with van der Waals surface area (Å²) in [6.07, 6.45) is 2.87. The predicted octanol–water partition coefficient (Wildman–Crippen LogP) is 2.40. The summed E-state index contributed by atoms with van der Waals surface area (Å²) in [6, 6.07) is 13.8. The second-order valence-corrected chi connectivity index (χ2v) is 4.65. The van der Waals surface area contributed by atoms with Gasteiger partial charge in [0.25, 0.3) is 0 Å². The maximum absolute atomic E-state index is 5.78. The van der Waals surface area contributed by atoms with Crippen molar-refractivity contribution in [1.29, 1.82) is 0 Å². The second kappa shape index (κ2) is 6.19. The van der Waals surface area contributed by atoms with Gasteiger partial charge in [-0.2, -0.15) is 0 Å². The Labute approximate surface area is 118 Å². The summed E-state index contributed by atoms with van der Waals surface area (Å²) < 4.78 is 5.78. The molecule has 0 saturated heterocycles. The summed E-state index contributed by atoms with van der Waals surface area (Å²) in [5.41, 5.74) is 1.99. The number of ether oxygens (including phenoxy) is 1. The first-order valence-corrected chi connectivity index (χ1v) is 6.83. The van der Waals surface area contributed by atoms with Crippen LogP contribution in [0.2, 0.25) is 0 Å². The molecule has 102 valence electrons. The average molecular weight is 267 g/mol. The molecule has 20 heavy (non-hydrogen) atoms. The number of benzene rings is 1. The van der Waals surface area contributed by atoms with Crippen molar-refractivity contribution < 1.29 is 4.74 Å². The van der Waals surface area contributed by atoms with E-state index in [1.54, 1.807) is 6.20 Å². The monoisotopic (exact) mass is 267 g/mol. The van der Waals surface area contributed by atoms with Crippen LogP contribution in [-0.2, 0) is 6.61 Å². The molecule has 0 fully saturated rings. The molecule has 1 aromatic carbocycles. The van der Waals surface area contributed by atoms with Gasteiger partial charge in [-0.1, -0.05) is 18.2 Å². The first-order valence-electron chi connectivity index (χ1n) is 6.83. The number of aromatic nitrogens is 1. The fourth-order valence-corrected chi connectivity index (χ4v) is 2.10. The molecule has 1 aliphatic rings. The zero-order chi connectivity index (χ0) is 13.6. The minimum atomic E-state index is 0.476. The van der Waals surface area contributed by atoms with Gasteiger partial charge < -0.3 is 10.1 Å². The van der Waals surface area contributed by atoms with Crippen molar-refractivity contribution in [2.75, 3.05) is 13.1 Å². The third-order valence-corrected chi connectivity index (χ3v) is 3.12. The molecule has 1 aliphatic heterocycles. The van der Waals surface area contributed by atoms with Gasteiger partial charge in [0.15, 0.2) is 0 Å². The lowest BCUT2D eigenvalue weighted by atomic mass is 10.1. The van der Waals surface area contributed by atoms with Crippen LogP contribution in [0.5, 0.6) is 5.75 Å². The molecular weight excluding hydrogens is 250 g/mol. The van der Waals surface area contributed by atoms with Gasteiger partial charge in [0.05, 0.1) is 5.69 Å². The van der Waals surface area contributed by atoms with E-state index in [0.29, 0.717) is 6.61 Å². The van der Waals surface area contributed by atoms with Crippen LogP contribution in [0.25, 0.3) is 0 Å². The highest BCUT2D eigenvalue weighted by Gasteiger charge is 2.07. The Morgan fingerprint density at radius 3 is 2.95 bits per heavy atom. The molecular formula is C16H17N3O. The van der Waals surface area contributed by atoms with E-state index in [-0.39, 0.29) is 0 Å². The molecule has 0 saturated carbocycles. The van der Waals surface area contributed by atoms with Crippen LogP contribution in [0, 0.1) is 0 Å². The molecule has 0 spiro atoms. The molecule has 4 heteroatoms. The first-order chi connectivity index (χ1) is 9.92. The Morgan fingerprint density at radius 1 is 1.15 bits per heavy atom. The van der Waals surface area contributed by atoms with Gasteiger partial charge in [0.1, 0.15) is 18.2 Å². The zero-order valence-electron chi connectivity index (χ0n) is 11.2. The molecule has 4 nitrogen and oxygen atoms in total. The number of nitrogens with one attached hydrogen (secondary N) is 1. The Balaban J connectivity index is 1.70. The van der Waals surface area contributed by atoms with Crippen molar-refractivity contribution in [2.45, 2.75) is 13.0 Å². The molecule has 0 atom stereocenters. The fourth-order valence-electron chi connectivity index (χ4n) is 2.10. The molecule has 1 N–H and O–H groups in total. The van der Waals surface area contributed by atoms with Gasteiger partial charge in [-0.05, 0) is 30.7 Å². The Hall–Kier alpha value is -2.36. The van der Waals surface area contributed by atoms with E-state index in [2.05, 4.69) is 15.3 Å². The molecule has 0 unspecified atom stereocenters. The van der Waals surface area contributed by atoms with Gasteiger partial charge in [-0.15, -0.1) is 0 Å². The number of nitrogens with zero attached hydrogens (tertiary/aromatic N) is 2. The van der Waals surface area contributed by atoms with Crippen LogP contribution in [0.1, 0.15) is 17.7 Å². The van der Waals surface area contributed by atoms with Gasteiger partial charge in [0.2, 0.25) is 0 Å². The molecule has 0 bridgehead atoms. The highest BCUT2D eigenvalue weighted by molar-refractivity contribution is 5.99. The maximum Gasteiger partial charge on any atom is 0.130 e. The summed E-state index contributed by atoms with van der Waals surface area (Å²) in [5.74, 6) is 1.79. The van der Waals surface area contributed by atoms with E-state index in [1.807, 2.05) is 42.5 Å². The summed E-state index contributed by atoms with van der Waals surface area (Å²) >= 11 is 0. The molecule has 0 amide bonds. The third-order valence-electron chi connectivity index (χ3n) is 3.12. The molecule has 2 heterocycles. The van der Waals surface area contributed by atoms with Crippen LogP contribution in [0.4, 0.5) is 0 Å². The van der Waals surface area contributed by atoms with Gasteiger partial charge >= 0.3 is 0 Å². The van der Waals surface area contributed by atoms with Gasteiger partial charge in [-0.3, -0.25) is 9.98 Å². The second-order valence-electron chi connectivity index (χ2n) is 4.65. The van der Waals surface area contributed by atoms with Crippen LogP contribution >= 0.6 is 0 Å². The van der Waals surface area contributed by atoms with Crippen LogP contribution < -0.4 is 10.1 Å². The zero-order valence-corrected chi connectivity index (χ0v) is 11.2. The van der Waals surface area contributed by atoms with E-state index in [9.17, 15) is 0 Å². The number of aliphatic imine (C=N–C) groups is 1. The summed E-state index contributed by atoms with van der Waals surface area (Å²) in [6.45, 7) is 2.35. The molecule has 3 rings (SSSR count). The topological polar surface area (TPSA) is 46.5 Å². The standard InChI is InChI=1S/C16H17N3O/c1-2-8-17-14(6-1)12-20-15-7-3-5-13(11-15)16-18-9-4-10-19-16/h1-3,5-8,11H,4,9-10,12H2,(H,18,19). The highest BCUT2D eigenvalue weighted by Crippen LogP contribution is 2.15. The minimum absolute atomic E-state index is 0.476. The number of pyridine rings is 1. The first kappa shape index (κ1) is 12.7. The van der Waals surface area contributed by atoms with Crippen LogP contribution in [0.3, 0.4) is 0 Å². The largest absolute Gasteiger partial charge is 0.487 e. The molecule has 0 aliphatic carbocycles. The van der Waals surface area contributed by atoms with Crippen molar-refractivity contribution in [3.8, 4) is 5.75 Å². The van der Waals surface area contributed by atoms with Crippen molar-refractivity contribution >= 4 is 5.84 Å². The Kier molecular flexibility index (Phi) is 3.92. The molecule has 0 radical (unpaired) electrons. The van der Waals surface area contributed by atoms with E-state index in [1.165, 1.54) is 0 Å². The fraction of sp³-hybridized carbons (Fsp3) is 0.250. The number of hydrogen-bond acceptors (Lipinski definition) is 4. The van der Waals surface area contributed by atoms with Crippen LogP contribution in [0.15, 0.2) is 53.7 Å². The van der Waals surface area contributed by atoms with Crippen molar-refractivity contribution in [1.82, 2.24) is 10.3 Å². The van der Waals surface area contributed by atoms with Gasteiger partial charge in [0, 0.05) is 24.8 Å². The summed E-state index contributed by atoms with van der Waals surface area (Å²) in [7, 11) is 0. The smallest absolute Gasteiger partial charge is 0.130 e. The van der Waals surface area contributed by atoms with Crippen LogP contribution in [-0.4, -0.2) is 23.9 Å². The summed E-state index contributed by atoms with van der Waals surface area (Å²) in [4.78, 5) is 8.74. The van der Waals surface area contributed by atoms with E-state index in [4.69, 9.17) is 4.74 Å². The SMILES string of the molecule is c1ccc(COc2cccc(C3=NCCCN3)c2)nc1. The van der Waals surface area contributed by atoms with Crippen molar-refractivity contribution in [3.63, 3.8) is 0 Å². The molecule has 1 aromatic heterocycles. The quantitative estimate of drug-likeness (QED) is 0.925. The summed E-state index contributed by atoms with van der Waals surface area (Å²) in [5, 5.41) is 3.32. The van der Waals surface area contributed by atoms with Crippen molar-refractivity contribution in [2.24, 2.45) is 4.99 Å². The third kappa shape index (κ3) is 3.15. The predicted molar refractivity (Wildman–Crippen MR) is 79.0 cm³/mol. The van der Waals surface area contributed by atoms with E-state index in [0.717, 1.165) is 42.4 Å². The number of hydrogen-bond donors (Lipinski definition) is 1. The normalized spacial score (nSPS) is 14.3. The highest BCUT2D eigenvalue weighted by atomic mass is 16.5. The van der Waals surface area contributed by atoms with Gasteiger partial charge in [-0.25, -0.2) is 0 Å². The van der Waals surface area contributed by atoms with Crippen molar-refractivity contribution in [3.05, 3.63) is 59.9 Å². The lowest BCUT2D eigenvalue weighted by Gasteiger charge is -2.15. The lowest BCUT2D eigenvalue weighted by molar-refractivity contribution is 0.301. The maximum atomic E-state index is 5.78. The molecule has 2 aromatic rings.